The fraction of sp³-hybridized carbons (Fsp3) is 0. The number of hydrogen-bond donors (Lipinski definition) is 0. The van der Waals surface area contributed by atoms with E-state index in [1.807, 2.05) is 0 Å². The van der Waals surface area contributed by atoms with E-state index in [1.54, 1.807) is 0 Å². The van der Waals surface area contributed by atoms with Crippen molar-refractivity contribution in [3.8, 4) is 0 Å². The Morgan fingerprint density at radius 1 is 0.0148 bits per heavy atom. The molecule has 0 aliphatic heterocycles. The zero-order chi connectivity index (χ0) is 0. The maximum Gasteiger partial charge on any atom is 2.00 e. The van der Waals surface area contributed by atoms with E-state index in [0.717, 1.165) is 0 Å². The van der Waals surface area contributed by atoms with Gasteiger partial charge in [0.05, 0.1) is 0 Å². The molecule has 0 saturated heterocycles. The standard InChI is InChI=1S/2Cu.133O/q2*+2;133*-2. The van der Waals surface area contributed by atoms with Crippen LogP contribution in [0.15, 0.2) is 0 Å². The molecule has 0 amide bonds. The summed E-state index contributed by atoms with van der Waals surface area (Å²) < 4.78 is 0. The van der Waals surface area contributed by atoms with Crippen LogP contribution in [-0.4, -0.2) is 0 Å². The molecule has 1082 valence electrons. The molecular weight excluding hydrogens is 2250 g/mol. The Kier molecular flexibility index (Phi) is 104000000. The molecule has 0 fully saturated rings. The molecular formula is Cu2O133-262. The van der Waals surface area contributed by atoms with Gasteiger partial charge in [-0.15, -0.1) is 0 Å². The Labute approximate surface area is 763 Å². The van der Waals surface area contributed by atoms with Gasteiger partial charge >= 0.3 is 34.1 Å². The van der Waals surface area contributed by atoms with Gasteiger partial charge < -0.3 is 728 Å². The van der Waals surface area contributed by atoms with Crippen LogP contribution in [0, 0.1) is 0 Å². The van der Waals surface area contributed by atoms with Crippen LogP contribution in [-0.2, 0) is 762 Å². The number of rotatable bonds is 0. The van der Waals surface area contributed by atoms with E-state index in [-0.39, 0.29) is 762 Å². The van der Waals surface area contributed by atoms with Gasteiger partial charge in [-0.25, -0.2) is 0 Å². The first-order chi connectivity index (χ1) is 0. The topological polar surface area (TPSA) is 3790 Å². The van der Waals surface area contributed by atoms with Gasteiger partial charge in [-0.05, 0) is 0 Å². The van der Waals surface area contributed by atoms with Crippen molar-refractivity contribution in [1.82, 2.24) is 0 Å². The average molecular weight is 2250 g/mol. The van der Waals surface area contributed by atoms with E-state index in [1.165, 1.54) is 0 Å². The third kappa shape index (κ3) is 115000. The Morgan fingerprint density at radius 2 is 0.0148 bits per heavy atom. The first-order valence-electron chi connectivity index (χ1n) is 0. The fourth-order valence-corrected chi connectivity index (χ4v) is 0. The summed E-state index contributed by atoms with van der Waals surface area (Å²) in [5, 5.41) is 0. The molecule has 2 radical (unpaired) electrons. The molecule has 0 unspecified atom stereocenters. The molecule has 0 atom stereocenters. The van der Waals surface area contributed by atoms with E-state index in [2.05, 4.69) is 0 Å². The van der Waals surface area contributed by atoms with Crippen LogP contribution in [0.2, 0.25) is 0 Å². The summed E-state index contributed by atoms with van der Waals surface area (Å²) in [6.45, 7) is 0. The molecule has 0 heterocycles. The van der Waals surface area contributed by atoms with Crippen LogP contribution in [0.4, 0.5) is 0 Å². The molecule has 135 heavy (non-hydrogen) atoms. The van der Waals surface area contributed by atoms with Crippen molar-refractivity contribution in [2.45, 2.75) is 0 Å². The van der Waals surface area contributed by atoms with Gasteiger partial charge in [0.25, 0.3) is 0 Å². The first kappa shape index (κ1) is 120000. The molecule has 0 aromatic heterocycles. The van der Waals surface area contributed by atoms with Gasteiger partial charge in [0.15, 0.2) is 0 Å². The van der Waals surface area contributed by atoms with Crippen molar-refractivity contribution in [1.29, 1.82) is 0 Å². The minimum Gasteiger partial charge on any atom is -2.00 e. The summed E-state index contributed by atoms with van der Waals surface area (Å²) in [5.74, 6) is 0. The molecule has 135 heteroatoms. The molecule has 0 saturated carbocycles. The number of hydrogen-bond acceptors (Lipinski definition) is 0. The van der Waals surface area contributed by atoms with Crippen molar-refractivity contribution in [3.63, 3.8) is 0 Å². The molecule has 0 N–H and O–H groups in total. The van der Waals surface area contributed by atoms with Gasteiger partial charge in [0.2, 0.25) is 0 Å². The van der Waals surface area contributed by atoms with Crippen LogP contribution in [0.5, 0.6) is 0 Å². The minimum atomic E-state index is 0. The summed E-state index contributed by atoms with van der Waals surface area (Å²) in [5.41, 5.74) is 0. The van der Waals surface area contributed by atoms with Crippen molar-refractivity contribution in [2.24, 2.45) is 0 Å². The van der Waals surface area contributed by atoms with Crippen molar-refractivity contribution in [3.05, 3.63) is 0 Å². The summed E-state index contributed by atoms with van der Waals surface area (Å²) in [6.07, 6.45) is 0. The van der Waals surface area contributed by atoms with Crippen molar-refractivity contribution in [2.75, 3.05) is 0 Å². The quantitative estimate of drug-likeness (QED) is 0.204. The van der Waals surface area contributed by atoms with Crippen molar-refractivity contribution < 1.29 is 762 Å². The minimum absolute atomic E-state index is 0. The smallest absolute Gasteiger partial charge is 2.00 e. The van der Waals surface area contributed by atoms with Gasteiger partial charge in [0.1, 0.15) is 0 Å². The van der Waals surface area contributed by atoms with Crippen LogP contribution >= 0.6 is 0 Å². The van der Waals surface area contributed by atoms with Gasteiger partial charge in [-0.1, -0.05) is 0 Å². The Balaban J connectivity index is 0. The molecule has 0 aliphatic rings. The van der Waals surface area contributed by atoms with Crippen molar-refractivity contribution >= 4 is 0 Å². The van der Waals surface area contributed by atoms with Gasteiger partial charge in [-0.2, -0.15) is 0 Å². The van der Waals surface area contributed by atoms with Crippen LogP contribution in [0.25, 0.3) is 0 Å². The zero-order valence-corrected chi connectivity index (χ0v) is 56.8. The maximum absolute atomic E-state index is 0. The second kappa shape index (κ2) is 117000. The predicted octanol–water partition coefficient (Wildman–Crippen LogP) is -15.8. The molecule has 0 spiro atoms. The monoisotopic (exact) mass is 2250 g/mol. The van der Waals surface area contributed by atoms with Crippen LogP contribution < -0.4 is 0 Å². The Bertz CT molecular complexity index is 15.0. The second-order valence-electron chi connectivity index (χ2n) is 0. The zero-order valence-electron chi connectivity index (χ0n) is 54.9. The SMILES string of the molecule is [Cu+2].[Cu+2].[O-2].[O-2].[O-2].[O-2].[O-2].[O-2].[O-2].[O-2].[O-2].[O-2].[O-2].[O-2].[O-2].[O-2].[O-2].[O-2].[O-2].[O-2].[O-2].[O-2].[O-2].[O-2].[O-2].[O-2].[O-2].[O-2].[O-2].[O-2].[O-2].[O-2].[O-2].[O-2].[O-2].[O-2].[O-2].[O-2].[O-2].[O-2].[O-2].[O-2].[O-2].[O-2].[O-2].[O-2].[O-2].[O-2].[O-2].[O-2].[O-2].[O-2].[O-2].[O-2].[O-2].[O-2].[O-2].[O-2].[O-2].[O-2].[O-2].[O-2].[O-2].[O-2].[O-2].[O-2].[O-2].[O-2].[O-2].[O-2].[O-2].[O-2].[O-2].[O-2].[O-2].[O-2].[O-2].[O-2].[O-2].[O-2].[O-2].[O-2].[O-2].[O-2].[O-2].[O-2].[O-2].[O-2].[O-2].[O-2].[O-2].[O-2].[O-2].[O-2].[O-2].[O-2].[O-2].[O-2].[O-2].[O-2].[O-2].[O-2].[O-2].[O-2].[O-2].[O-2].[O-2].[O-2].[O-2].[O-2].[O-2].[O-2].[O-2].[O-2].[O-2].[O-2].[O-2].[O-2].[O-2].[O-2].[O-2].[O-2].[O-2].[O-2].[O-2].[O-2].[O-2].[O-2].[O-2].[O-2].[O-2].[O-2].[O-2].[O-2].[O-2]. The van der Waals surface area contributed by atoms with E-state index in [9.17, 15) is 0 Å². The molecule has 0 aliphatic carbocycles. The van der Waals surface area contributed by atoms with E-state index >= 15 is 0 Å². The molecule has 0 aromatic rings. The average Bonchev–Trinajstić information content (AvgIpc) is 0. The maximum atomic E-state index is 0. The Morgan fingerprint density at radius 3 is 0.0148 bits per heavy atom. The first-order valence-corrected chi connectivity index (χ1v) is 0. The summed E-state index contributed by atoms with van der Waals surface area (Å²) in [6, 6.07) is 0. The molecule has 0 rings (SSSR count). The van der Waals surface area contributed by atoms with E-state index < -0.39 is 0 Å². The summed E-state index contributed by atoms with van der Waals surface area (Å²) >= 11 is 0. The van der Waals surface area contributed by atoms with E-state index in [0.29, 0.717) is 0 Å². The largest absolute Gasteiger partial charge is 2.00 e. The predicted molar refractivity (Wildman–Crippen MR) is 91.3 cm³/mol. The summed E-state index contributed by atoms with van der Waals surface area (Å²) in [7, 11) is 0. The van der Waals surface area contributed by atoms with Gasteiger partial charge in [-0.3, -0.25) is 0 Å². The van der Waals surface area contributed by atoms with Crippen LogP contribution in [0.3, 0.4) is 0 Å². The molecule has 133 nitrogen and oxygen atoms in total. The third-order valence-electron chi connectivity index (χ3n) is 0. The Hall–Kier alpha value is -4.28. The van der Waals surface area contributed by atoms with Crippen LogP contribution in [0.1, 0.15) is 0 Å². The third-order valence-corrected chi connectivity index (χ3v) is 0. The molecule has 0 aromatic carbocycles. The summed E-state index contributed by atoms with van der Waals surface area (Å²) in [4.78, 5) is 0. The normalized spacial score (nSPS) is 0. The molecule has 0 bridgehead atoms. The van der Waals surface area contributed by atoms with E-state index in [4.69, 9.17) is 0 Å². The van der Waals surface area contributed by atoms with Gasteiger partial charge in [0, 0.05) is 0 Å². The fourth-order valence-electron chi connectivity index (χ4n) is 0. The second-order valence-corrected chi connectivity index (χ2v) is 0.